The van der Waals surface area contributed by atoms with Gasteiger partial charge in [0.2, 0.25) is 0 Å². The van der Waals surface area contributed by atoms with Crippen LogP contribution >= 0.6 is 0 Å². The Kier molecular flexibility index (Phi) is 10.4. The molecule has 0 aromatic carbocycles. The Labute approximate surface area is 139 Å². The molecule has 0 bridgehead atoms. The highest BCUT2D eigenvalue weighted by Gasteiger charge is 2.34. The predicted molar refractivity (Wildman–Crippen MR) is 92.1 cm³/mol. The summed E-state index contributed by atoms with van der Waals surface area (Å²) in [5.74, 6) is 3.30. The van der Waals surface area contributed by atoms with Crippen LogP contribution in [0, 0.1) is 23.7 Å². The molecule has 1 aliphatic heterocycles. The van der Waals surface area contributed by atoms with Crippen molar-refractivity contribution >= 4 is 0 Å². The van der Waals surface area contributed by atoms with Crippen LogP contribution in [0.1, 0.15) is 58.3 Å². The van der Waals surface area contributed by atoms with E-state index >= 15 is 0 Å². The number of nitrogens with one attached hydrogen (secondary N) is 2. The van der Waals surface area contributed by atoms with Crippen LogP contribution < -0.4 is 10.6 Å². The van der Waals surface area contributed by atoms with Crippen molar-refractivity contribution in [3.8, 4) is 0 Å². The molecule has 1 saturated heterocycles. The second-order valence-corrected chi connectivity index (χ2v) is 7.59. The van der Waals surface area contributed by atoms with Gasteiger partial charge in [-0.25, -0.2) is 4.39 Å². The van der Waals surface area contributed by atoms with Gasteiger partial charge in [-0.1, -0.05) is 6.92 Å². The number of rotatable bonds is 2. The van der Waals surface area contributed by atoms with Crippen LogP contribution in [0.4, 0.5) is 4.39 Å². The van der Waals surface area contributed by atoms with Crippen LogP contribution in [0.3, 0.4) is 0 Å². The Morgan fingerprint density at radius 3 is 1.52 bits per heavy atom. The lowest BCUT2D eigenvalue weighted by Gasteiger charge is -2.41. The summed E-state index contributed by atoms with van der Waals surface area (Å²) in [6.07, 6.45) is 9.47. The van der Waals surface area contributed by atoms with E-state index in [-0.39, 0.29) is 16.4 Å². The van der Waals surface area contributed by atoms with Crippen molar-refractivity contribution in [2.75, 3.05) is 13.1 Å². The van der Waals surface area contributed by atoms with Gasteiger partial charge in [0.05, 0.1) is 6.17 Å². The van der Waals surface area contributed by atoms with Gasteiger partial charge in [-0.15, -0.1) is 0 Å². The van der Waals surface area contributed by atoms with E-state index in [0.717, 1.165) is 62.4 Å². The summed E-state index contributed by atoms with van der Waals surface area (Å²) in [7, 11) is 0. The Morgan fingerprint density at radius 2 is 1.04 bits per heavy atom. The average molecular weight is 336 g/mol. The fraction of sp³-hybridized carbons (Fsp3) is 1.00. The third-order valence-electron chi connectivity index (χ3n) is 6.03. The van der Waals surface area contributed by atoms with Crippen molar-refractivity contribution in [1.29, 1.82) is 0 Å². The molecule has 2 aliphatic carbocycles. The third kappa shape index (κ3) is 5.94. The molecule has 3 fully saturated rings. The van der Waals surface area contributed by atoms with E-state index in [0.29, 0.717) is 6.17 Å². The largest absolute Gasteiger partial charge is 0.412 e. The highest BCUT2D eigenvalue weighted by atomic mass is 19.1. The third-order valence-corrected chi connectivity index (χ3v) is 6.03. The van der Waals surface area contributed by atoms with Crippen LogP contribution in [0.2, 0.25) is 0 Å². The van der Waals surface area contributed by atoms with Crippen molar-refractivity contribution in [3.63, 3.8) is 0 Å². The molecule has 0 amide bonds. The average Bonchev–Trinajstić information content (AvgIpc) is 2.49. The maximum Gasteiger partial charge on any atom is 0.100 e. The van der Waals surface area contributed by atoms with Gasteiger partial charge in [0.15, 0.2) is 0 Å². The highest BCUT2D eigenvalue weighted by molar-refractivity contribution is 4.87. The van der Waals surface area contributed by atoms with Gasteiger partial charge in [-0.05, 0) is 75.0 Å². The molecule has 6 heteroatoms. The quantitative estimate of drug-likeness (QED) is 0.782. The van der Waals surface area contributed by atoms with Crippen molar-refractivity contribution in [2.24, 2.45) is 23.7 Å². The second kappa shape index (κ2) is 10.6. The van der Waals surface area contributed by atoms with E-state index in [1.165, 1.54) is 25.7 Å². The zero-order valence-electron chi connectivity index (χ0n) is 14.4. The molecule has 8 N–H and O–H groups in total. The molecule has 0 unspecified atom stereocenters. The summed E-state index contributed by atoms with van der Waals surface area (Å²) in [5.41, 5.74) is 0. The minimum absolute atomic E-state index is 0. The number of hydrogen-bond acceptors (Lipinski definition) is 2. The van der Waals surface area contributed by atoms with Gasteiger partial charge in [0.1, 0.15) is 6.17 Å². The van der Waals surface area contributed by atoms with Gasteiger partial charge in [0.25, 0.3) is 0 Å². The van der Waals surface area contributed by atoms with Crippen molar-refractivity contribution in [2.45, 2.75) is 70.6 Å². The van der Waals surface area contributed by atoms with Crippen LogP contribution in [-0.4, -0.2) is 41.9 Å². The van der Waals surface area contributed by atoms with Crippen LogP contribution in [0.25, 0.3) is 0 Å². The molecule has 1 heterocycles. The lowest BCUT2D eigenvalue weighted by Crippen LogP contribution is -2.56. The van der Waals surface area contributed by atoms with E-state index in [4.69, 9.17) is 0 Å². The minimum atomic E-state index is -0.500. The maximum atomic E-state index is 13.2. The van der Waals surface area contributed by atoms with Gasteiger partial charge in [-0.2, -0.15) is 0 Å². The number of alkyl halides is 1. The summed E-state index contributed by atoms with van der Waals surface area (Å²) in [4.78, 5) is 0. The zero-order chi connectivity index (χ0) is 13.9. The summed E-state index contributed by atoms with van der Waals surface area (Å²) in [6, 6.07) is 0. The Morgan fingerprint density at radius 1 is 0.652 bits per heavy atom. The summed E-state index contributed by atoms with van der Waals surface area (Å²) < 4.78 is 13.2. The van der Waals surface area contributed by atoms with E-state index in [1.54, 1.807) is 0 Å². The fourth-order valence-electron chi connectivity index (χ4n) is 4.63. The van der Waals surface area contributed by atoms with E-state index < -0.39 is 6.17 Å². The topological polar surface area (TPSA) is 119 Å². The molecular formula is C17H37FN2O3. The molecule has 23 heavy (non-hydrogen) atoms. The summed E-state index contributed by atoms with van der Waals surface area (Å²) >= 11 is 0. The van der Waals surface area contributed by atoms with Gasteiger partial charge in [0, 0.05) is 13.1 Å². The highest BCUT2D eigenvalue weighted by Crippen LogP contribution is 2.41. The first-order valence-corrected chi connectivity index (χ1v) is 8.83. The Balaban J connectivity index is 0.00000161. The molecule has 0 spiro atoms. The van der Waals surface area contributed by atoms with Crippen molar-refractivity contribution < 1.29 is 20.8 Å². The standard InChI is InChI=1S/C17H31FN2.3H2O/c1-12-10-19-17(20-11-12)15-4-2-13(3-5-15)14-6-8-16(18)9-7-14;;;/h12-17,19-20H,2-11H2,1H3;3*1H2. The summed E-state index contributed by atoms with van der Waals surface area (Å²) in [5, 5.41) is 7.36. The molecule has 2 saturated carbocycles. The molecule has 0 radical (unpaired) electrons. The molecule has 0 atom stereocenters. The van der Waals surface area contributed by atoms with E-state index in [2.05, 4.69) is 17.6 Å². The first-order valence-electron chi connectivity index (χ1n) is 8.83. The van der Waals surface area contributed by atoms with Crippen LogP contribution in [0.5, 0.6) is 0 Å². The lowest BCUT2D eigenvalue weighted by molar-refractivity contribution is 0.107. The van der Waals surface area contributed by atoms with Crippen LogP contribution in [0.15, 0.2) is 0 Å². The minimum Gasteiger partial charge on any atom is -0.412 e. The van der Waals surface area contributed by atoms with Crippen LogP contribution in [-0.2, 0) is 0 Å². The van der Waals surface area contributed by atoms with Crippen molar-refractivity contribution in [1.82, 2.24) is 10.6 Å². The first kappa shape index (κ1) is 22.7. The molecule has 3 aliphatic rings. The van der Waals surface area contributed by atoms with Crippen molar-refractivity contribution in [3.05, 3.63) is 0 Å². The van der Waals surface area contributed by atoms with Gasteiger partial charge in [-0.3, -0.25) is 0 Å². The normalized spacial score (nSPS) is 41.0. The van der Waals surface area contributed by atoms with Gasteiger partial charge >= 0.3 is 0 Å². The smallest absolute Gasteiger partial charge is 0.100 e. The maximum absolute atomic E-state index is 13.2. The zero-order valence-corrected chi connectivity index (χ0v) is 14.4. The van der Waals surface area contributed by atoms with E-state index in [9.17, 15) is 4.39 Å². The second-order valence-electron chi connectivity index (χ2n) is 7.59. The number of hydrogen-bond donors (Lipinski definition) is 2. The monoisotopic (exact) mass is 336 g/mol. The SMILES string of the molecule is CC1CNC(C2CCC(C3CCC(F)CC3)CC2)NC1.O.O.O. The summed E-state index contributed by atoms with van der Waals surface area (Å²) in [6.45, 7) is 4.63. The molecule has 140 valence electrons. The first-order chi connectivity index (χ1) is 9.72. The van der Waals surface area contributed by atoms with Gasteiger partial charge < -0.3 is 27.1 Å². The molecule has 3 rings (SSSR count). The molecule has 0 aromatic rings. The Hall–Kier alpha value is -0.270. The molecule has 0 aromatic heterocycles. The molecular weight excluding hydrogens is 299 g/mol. The molecule has 5 nitrogen and oxygen atoms in total. The number of halogens is 1. The predicted octanol–water partition coefficient (Wildman–Crippen LogP) is 1.00. The fourth-order valence-corrected chi connectivity index (χ4v) is 4.63. The van der Waals surface area contributed by atoms with E-state index in [1.807, 2.05) is 0 Å². The lowest BCUT2D eigenvalue weighted by atomic mass is 9.70. The Bertz CT molecular complexity index is 268.